The van der Waals surface area contributed by atoms with E-state index >= 15 is 0 Å². The number of carbonyl (C=O) groups excluding carboxylic acids is 2. The zero-order valence-corrected chi connectivity index (χ0v) is 24.7. The molecule has 0 unspecified atom stereocenters. The van der Waals surface area contributed by atoms with Crippen molar-refractivity contribution in [2.24, 2.45) is 0 Å². The number of anilines is 1. The molecule has 0 bridgehead atoms. The molecular weight excluding hydrogens is 557 g/mol. The van der Waals surface area contributed by atoms with E-state index in [1.54, 1.807) is 0 Å². The van der Waals surface area contributed by atoms with Crippen molar-refractivity contribution in [3.63, 3.8) is 0 Å². The third-order valence-corrected chi connectivity index (χ3v) is 8.78. The first kappa shape index (κ1) is 32.3. The number of aromatic nitrogens is 4. The van der Waals surface area contributed by atoms with Gasteiger partial charge in [-0.05, 0) is 32.8 Å². The maximum atomic E-state index is 14.0. The predicted molar refractivity (Wildman–Crippen MR) is 151 cm³/mol. The monoisotopic (exact) mass is 597 g/mol. The van der Waals surface area contributed by atoms with Crippen molar-refractivity contribution >= 4 is 36.5 Å². The van der Waals surface area contributed by atoms with E-state index < -0.39 is 49.4 Å². The Labute approximate surface area is 237 Å². The third-order valence-electron chi connectivity index (χ3n) is 6.31. The number of nitrogens with one attached hydrogen (secondary N) is 3. The van der Waals surface area contributed by atoms with Gasteiger partial charge in [-0.2, -0.15) is 4.98 Å². The van der Waals surface area contributed by atoms with Gasteiger partial charge in [0.2, 0.25) is 19.6 Å². The Morgan fingerprint density at radius 1 is 1.17 bits per heavy atom. The van der Waals surface area contributed by atoms with Gasteiger partial charge < -0.3 is 25.1 Å². The molecule has 0 saturated carbocycles. The summed E-state index contributed by atoms with van der Waals surface area (Å²) in [5.41, 5.74) is 5.29. The number of hydrogen-bond acceptors (Lipinski definition) is 11. The van der Waals surface area contributed by atoms with Crippen LogP contribution in [-0.2, 0) is 28.4 Å². The van der Waals surface area contributed by atoms with E-state index in [1.807, 2.05) is 13.8 Å². The largest absolute Gasteiger partial charge is 0.471 e. The molecule has 2 aromatic heterocycles. The number of rotatable bonds is 16. The number of H-pyrrole nitrogens is 1. The van der Waals surface area contributed by atoms with Crippen molar-refractivity contribution in [2.75, 3.05) is 25.1 Å². The van der Waals surface area contributed by atoms with Crippen LogP contribution in [0.25, 0.3) is 11.2 Å². The highest BCUT2D eigenvalue weighted by atomic mass is 31.2. The standard InChI is InChI=1S/C25H40N7O8P/c1-5-7-10-38-23(35)15(3)30-41(37,31-16(4)24(36)39-11-8-6-2)12-9-17-13-18(33)22(40-17)32-14-27-19-20(32)28-25(26)29-21(19)34/h13-16,18,22,33H,5-12H2,1-4H3,(H2,30,31,37)(H3,26,28,29,34)/t15-,16-,18+,22+/m0/s1. The molecule has 16 heteroatoms. The average molecular weight is 598 g/mol. The van der Waals surface area contributed by atoms with E-state index in [0.717, 1.165) is 12.8 Å². The molecule has 2 aromatic rings. The molecule has 6 N–H and O–H groups in total. The van der Waals surface area contributed by atoms with Crippen LogP contribution >= 0.6 is 7.44 Å². The summed E-state index contributed by atoms with van der Waals surface area (Å²) in [4.78, 5) is 47.6. The van der Waals surface area contributed by atoms with Crippen LogP contribution in [0.1, 0.15) is 66.0 Å². The molecule has 0 aromatic carbocycles. The number of nitrogens with two attached hydrogens (primary N) is 1. The number of fused-ring (bicyclic) bond motifs is 1. The fourth-order valence-electron chi connectivity index (χ4n) is 4.08. The number of hydrogen-bond donors (Lipinski definition) is 5. The summed E-state index contributed by atoms with van der Waals surface area (Å²) in [5, 5.41) is 16.3. The molecule has 0 spiro atoms. The van der Waals surface area contributed by atoms with Crippen LogP contribution < -0.4 is 21.5 Å². The number of nitrogen functional groups attached to an aromatic ring is 1. The SMILES string of the molecule is CCCCOC(=O)[C@H](C)NP(=O)(CCC1=C[C@@H](O)[C@H](n2cnc3c(=O)[nH]c(N)nc32)O1)N[C@@H](C)C(=O)OCCCC. The van der Waals surface area contributed by atoms with Crippen LogP contribution in [0.5, 0.6) is 0 Å². The normalized spacial score (nSPS) is 18.5. The summed E-state index contributed by atoms with van der Waals surface area (Å²) >= 11 is 0. The lowest BCUT2D eigenvalue weighted by Gasteiger charge is -2.27. The number of carbonyl (C=O) groups is 2. The Balaban J connectivity index is 1.72. The molecule has 0 fully saturated rings. The zero-order chi connectivity index (χ0) is 30.2. The minimum Gasteiger partial charge on any atom is -0.471 e. The minimum atomic E-state index is -3.62. The van der Waals surface area contributed by atoms with Crippen LogP contribution in [0.3, 0.4) is 0 Å². The maximum Gasteiger partial charge on any atom is 0.323 e. The van der Waals surface area contributed by atoms with Crippen LogP contribution in [0.15, 0.2) is 23.0 Å². The third kappa shape index (κ3) is 8.62. The molecule has 0 radical (unpaired) electrons. The van der Waals surface area contributed by atoms with Crippen LogP contribution in [-0.4, -0.2) is 74.1 Å². The van der Waals surface area contributed by atoms with Gasteiger partial charge in [-0.3, -0.25) is 28.5 Å². The Kier molecular flexibility index (Phi) is 11.5. The zero-order valence-electron chi connectivity index (χ0n) is 23.8. The van der Waals surface area contributed by atoms with Gasteiger partial charge in [-0.1, -0.05) is 26.7 Å². The van der Waals surface area contributed by atoms with Gasteiger partial charge in [0.25, 0.3) is 5.56 Å². The van der Waals surface area contributed by atoms with Crippen LogP contribution in [0.4, 0.5) is 5.95 Å². The average Bonchev–Trinajstić information content (AvgIpc) is 3.50. The van der Waals surface area contributed by atoms with E-state index in [-0.39, 0.29) is 42.9 Å². The summed E-state index contributed by atoms with van der Waals surface area (Å²) in [5.74, 6) is -0.951. The molecular formula is C25H40N7O8P. The Hall–Kier alpha value is -3.26. The molecule has 228 valence electrons. The van der Waals surface area contributed by atoms with Gasteiger partial charge in [0.15, 0.2) is 11.2 Å². The molecule has 3 heterocycles. The highest BCUT2D eigenvalue weighted by Crippen LogP contribution is 2.41. The van der Waals surface area contributed by atoms with Gasteiger partial charge >= 0.3 is 11.9 Å². The molecule has 15 nitrogen and oxygen atoms in total. The molecule has 1 aliphatic heterocycles. The van der Waals surface area contributed by atoms with Gasteiger partial charge in [0.1, 0.15) is 24.5 Å². The lowest BCUT2D eigenvalue weighted by Crippen LogP contribution is -2.42. The van der Waals surface area contributed by atoms with Crippen LogP contribution in [0, 0.1) is 0 Å². The summed E-state index contributed by atoms with van der Waals surface area (Å²) in [6.07, 6.45) is 3.72. The lowest BCUT2D eigenvalue weighted by atomic mass is 10.3. The highest BCUT2D eigenvalue weighted by molar-refractivity contribution is 7.59. The first-order valence-corrected chi connectivity index (χ1v) is 15.6. The van der Waals surface area contributed by atoms with Crippen molar-refractivity contribution in [1.82, 2.24) is 29.7 Å². The number of allylic oxidation sites excluding steroid dienone is 1. The number of unbranched alkanes of at least 4 members (excludes halogenated alkanes) is 2. The first-order valence-electron chi connectivity index (χ1n) is 13.7. The van der Waals surface area contributed by atoms with Crippen molar-refractivity contribution in [3.8, 4) is 0 Å². The number of nitrogens with zero attached hydrogens (tertiary/aromatic N) is 3. The fraction of sp³-hybridized carbons (Fsp3) is 0.640. The van der Waals surface area contributed by atoms with Gasteiger partial charge in [-0.25, -0.2) is 15.2 Å². The van der Waals surface area contributed by atoms with Crippen molar-refractivity contribution in [3.05, 3.63) is 28.5 Å². The van der Waals surface area contributed by atoms with Gasteiger partial charge in [0.05, 0.1) is 19.0 Å². The van der Waals surface area contributed by atoms with Crippen molar-refractivity contribution < 1.29 is 33.5 Å². The smallest absolute Gasteiger partial charge is 0.323 e. The topological polar surface area (TPSA) is 213 Å². The maximum absolute atomic E-state index is 14.0. The molecule has 41 heavy (non-hydrogen) atoms. The van der Waals surface area contributed by atoms with E-state index in [2.05, 4.69) is 25.1 Å². The lowest BCUT2D eigenvalue weighted by molar-refractivity contribution is -0.145. The molecule has 4 atom stereocenters. The number of esters is 2. The second kappa shape index (κ2) is 14.6. The predicted octanol–water partition coefficient (Wildman–Crippen LogP) is 1.70. The van der Waals surface area contributed by atoms with Gasteiger partial charge in [0, 0.05) is 12.6 Å². The fourth-order valence-corrected chi connectivity index (χ4v) is 6.41. The summed E-state index contributed by atoms with van der Waals surface area (Å²) in [6, 6.07) is -1.87. The van der Waals surface area contributed by atoms with Crippen molar-refractivity contribution in [1.29, 1.82) is 0 Å². The number of aliphatic hydroxyl groups excluding tert-OH is 1. The second-order valence-corrected chi connectivity index (χ2v) is 12.3. The minimum absolute atomic E-state index is 0.0287. The van der Waals surface area contributed by atoms with E-state index in [9.17, 15) is 24.1 Å². The van der Waals surface area contributed by atoms with Crippen molar-refractivity contribution in [2.45, 2.75) is 84.2 Å². The van der Waals surface area contributed by atoms with Gasteiger partial charge in [-0.15, -0.1) is 0 Å². The second-order valence-electron chi connectivity index (χ2n) is 9.86. The molecule has 0 aliphatic carbocycles. The highest BCUT2D eigenvalue weighted by Gasteiger charge is 2.35. The van der Waals surface area contributed by atoms with Crippen LogP contribution in [0.2, 0.25) is 0 Å². The summed E-state index contributed by atoms with van der Waals surface area (Å²) in [7, 11) is -3.62. The van der Waals surface area contributed by atoms with E-state index in [4.69, 9.17) is 19.9 Å². The molecule has 1 aliphatic rings. The summed E-state index contributed by atoms with van der Waals surface area (Å²) in [6.45, 7) is 7.49. The van der Waals surface area contributed by atoms with E-state index in [1.165, 1.54) is 30.8 Å². The molecule has 0 saturated heterocycles. The molecule has 3 rings (SSSR count). The number of aromatic amines is 1. The summed E-state index contributed by atoms with van der Waals surface area (Å²) < 4.78 is 31.8. The molecule has 0 amide bonds. The Morgan fingerprint density at radius 2 is 1.76 bits per heavy atom. The Bertz CT molecular complexity index is 1310. The van der Waals surface area contributed by atoms with E-state index in [0.29, 0.717) is 18.6 Å². The number of ether oxygens (including phenoxy) is 3. The quantitative estimate of drug-likeness (QED) is 0.106. The first-order chi connectivity index (χ1) is 19.5. The number of aliphatic hydroxyl groups is 1. The Morgan fingerprint density at radius 3 is 2.32 bits per heavy atom. The number of imidazole rings is 1.